The van der Waals surface area contributed by atoms with Crippen molar-refractivity contribution in [3.05, 3.63) is 78.2 Å². The number of H-pyrrole nitrogens is 1. The zero-order valence-electron chi connectivity index (χ0n) is 16.4. The predicted molar refractivity (Wildman–Crippen MR) is 115 cm³/mol. The summed E-state index contributed by atoms with van der Waals surface area (Å²) in [6.07, 6.45) is 4.55. The first-order valence-electron chi connectivity index (χ1n) is 9.81. The summed E-state index contributed by atoms with van der Waals surface area (Å²) in [5.74, 6) is 2.29. The Labute approximate surface area is 173 Å². The van der Waals surface area contributed by atoms with Gasteiger partial charge in [-0.05, 0) is 28.3 Å². The minimum Gasteiger partial charge on any atom is -0.367 e. The third-order valence-corrected chi connectivity index (χ3v) is 5.04. The zero-order valence-corrected chi connectivity index (χ0v) is 16.4. The molecule has 0 bridgehead atoms. The molecular formula is C22H20N8. The molecule has 8 nitrogen and oxygen atoms in total. The molecule has 2 aromatic carbocycles. The van der Waals surface area contributed by atoms with Crippen molar-refractivity contribution >= 4 is 11.6 Å². The Kier molecular flexibility index (Phi) is 4.65. The van der Waals surface area contributed by atoms with Crippen LogP contribution < -0.4 is 5.32 Å². The van der Waals surface area contributed by atoms with Crippen LogP contribution in [0.2, 0.25) is 0 Å². The zero-order chi connectivity index (χ0) is 20.3. The molecule has 0 aliphatic rings. The van der Waals surface area contributed by atoms with Crippen molar-refractivity contribution in [1.82, 2.24) is 35.0 Å². The molecule has 0 radical (unpaired) electrons. The number of aryl methyl sites for hydroxylation is 1. The SMILES string of the molecule is CCc1cc(NCc2ccc(-c3ccccc3-c3nn[nH]n3)cc2)n2ccnc2n1. The molecule has 5 aromatic rings. The van der Waals surface area contributed by atoms with Gasteiger partial charge in [0.25, 0.3) is 0 Å². The smallest absolute Gasteiger partial charge is 0.235 e. The van der Waals surface area contributed by atoms with Crippen molar-refractivity contribution in [3.63, 3.8) is 0 Å². The maximum Gasteiger partial charge on any atom is 0.235 e. The van der Waals surface area contributed by atoms with Gasteiger partial charge in [0, 0.05) is 36.3 Å². The van der Waals surface area contributed by atoms with Crippen LogP contribution in [-0.2, 0) is 13.0 Å². The van der Waals surface area contributed by atoms with Crippen LogP contribution in [-0.4, -0.2) is 35.0 Å². The van der Waals surface area contributed by atoms with Crippen molar-refractivity contribution in [3.8, 4) is 22.5 Å². The van der Waals surface area contributed by atoms with Gasteiger partial charge >= 0.3 is 0 Å². The molecule has 0 saturated carbocycles. The molecular weight excluding hydrogens is 376 g/mol. The Bertz CT molecular complexity index is 1270. The summed E-state index contributed by atoms with van der Waals surface area (Å²) in [5, 5.41) is 17.9. The maximum absolute atomic E-state index is 4.54. The fourth-order valence-corrected chi connectivity index (χ4v) is 3.47. The van der Waals surface area contributed by atoms with Crippen LogP contribution in [0, 0.1) is 0 Å². The van der Waals surface area contributed by atoms with Crippen LogP contribution in [0.4, 0.5) is 5.82 Å². The molecule has 2 N–H and O–H groups in total. The highest BCUT2D eigenvalue weighted by Gasteiger charge is 2.11. The molecule has 0 spiro atoms. The Morgan fingerprint density at radius 2 is 1.87 bits per heavy atom. The van der Waals surface area contributed by atoms with E-state index in [0.717, 1.165) is 34.6 Å². The summed E-state index contributed by atoms with van der Waals surface area (Å²) >= 11 is 0. The van der Waals surface area contributed by atoms with Crippen molar-refractivity contribution < 1.29 is 0 Å². The quantitative estimate of drug-likeness (QED) is 0.454. The number of rotatable bonds is 6. The van der Waals surface area contributed by atoms with Gasteiger partial charge in [0.2, 0.25) is 11.6 Å². The summed E-state index contributed by atoms with van der Waals surface area (Å²) in [4.78, 5) is 8.85. The van der Waals surface area contributed by atoms with Gasteiger partial charge < -0.3 is 5.32 Å². The summed E-state index contributed by atoms with van der Waals surface area (Å²) in [6.45, 7) is 2.80. The summed E-state index contributed by atoms with van der Waals surface area (Å²) in [5.41, 5.74) is 5.32. The fraction of sp³-hybridized carbons (Fsp3) is 0.136. The molecule has 148 valence electrons. The second kappa shape index (κ2) is 7.75. The lowest BCUT2D eigenvalue weighted by atomic mass is 9.98. The van der Waals surface area contributed by atoms with Gasteiger partial charge in [0.05, 0.1) is 0 Å². The monoisotopic (exact) mass is 396 g/mol. The fourth-order valence-electron chi connectivity index (χ4n) is 3.47. The van der Waals surface area contributed by atoms with Crippen LogP contribution in [0.25, 0.3) is 28.3 Å². The Hall–Kier alpha value is -4.07. The second-order valence-corrected chi connectivity index (χ2v) is 6.91. The number of tetrazole rings is 1. The highest BCUT2D eigenvalue weighted by Crippen LogP contribution is 2.29. The van der Waals surface area contributed by atoms with Gasteiger partial charge in [0.15, 0.2) is 0 Å². The predicted octanol–water partition coefficient (Wildman–Crippen LogP) is 3.75. The Morgan fingerprint density at radius 1 is 1.03 bits per heavy atom. The topological polar surface area (TPSA) is 96.7 Å². The first-order chi connectivity index (χ1) is 14.8. The first-order valence-corrected chi connectivity index (χ1v) is 9.81. The van der Waals surface area contributed by atoms with Gasteiger partial charge in [-0.3, -0.25) is 4.40 Å². The van der Waals surface area contributed by atoms with Gasteiger partial charge in [-0.1, -0.05) is 55.5 Å². The largest absolute Gasteiger partial charge is 0.367 e. The third kappa shape index (κ3) is 3.39. The number of aromatic nitrogens is 7. The van der Waals surface area contributed by atoms with Gasteiger partial charge in [-0.2, -0.15) is 5.21 Å². The highest BCUT2D eigenvalue weighted by atomic mass is 15.5. The van der Waals surface area contributed by atoms with E-state index < -0.39 is 0 Å². The molecule has 0 amide bonds. The molecule has 3 aromatic heterocycles. The normalized spacial score (nSPS) is 11.1. The van der Waals surface area contributed by atoms with E-state index >= 15 is 0 Å². The number of nitrogens with one attached hydrogen (secondary N) is 2. The van der Waals surface area contributed by atoms with Crippen molar-refractivity contribution in [2.75, 3.05) is 5.32 Å². The molecule has 0 aliphatic heterocycles. The highest BCUT2D eigenvalue weighted by molar-refractivity contribution is 5.80. The Morgan fingerprint density at radius 3 is 2.63 bits per heavy atom. The number of aromatic amines is 1. The molecule has 5 rings (SSSR count). The summed E-state index contributed by atoms with van der Waals surface area (Å²) in [6, 6.07) is 18.6. The van der Waals surface area contributed by atoms with E-state index in [1.165, 1.54) is 5.56 Å². The average Bonchev–Trinajstić information content (AvgIpc) is 3.50. The molecule has 0 aliphatic carbocycles. The van der Waals surface area contributed by atoms with E-state index in [1.807, 2.05) is 28.8 Å². The third-order valence-electron chi connectivity index (χ3n) is 5.04. The van der Waals surface area contributed by atoms with Crippen molar-refractivity contribution in [2.24, 2.45) is 0 Å². The van der Waals surface area contributed by atoms with E-state index in [2.05, 4.69) is 79.2 Å². The summed E-state index contributed by atoms with van der Waals surface area (Å²) in [7, 11) is 0. The number of anilines is 1. The van der Waals surface area contributed by atoms with Crippen LogP contribution in [0.5, 0.6) is 0 Å². The van der Waals surface area contributed by atoms with Crippen LogP contribution in [0.1, 0.15) is 18.2 Å². The molecule has 0 atom stereocenters. The van der Waals surface area contributed by atoms with Crippen molar-refractivity contribution in [2.45, 2.75) is 19.9 Å². The van der Waals surface area contributed by atoms with E-state index in [-0.39, 0.29) is 0 Å². The van der Waals surface area contributed by atoms with Gasteiger partial charge in [-0.25, -0.2) is 9.97 Å². The van der Waals surface area contributed by atoms with Crippen LogP contribution in [0.15, 0.2) is 67.0 Å². The second-order valence-electron chi connectivity index (χ2n) is 6.91. The first kappa shape index (κ1) is 18.0. The molecule has 3 heterocycles. The minimum absolute atomic E-state index is 0.588. The molecule has 0 fully saturated rings. The average molecular weight is 396 g/mol. The van der Waals surface area contributed by atoms with Gasteiger partial charge in [-0.15, -0.1) is 10.2 Å². The lowest BCUT2D eigenvalue weighted by Gasteiger charge is -2.11. The van der Waals surface area contributed by atoms with Crippen LogP contribution in [0.3, 0.4) is 0 Å². The lowest BCUT2D eigenvalue weighted by Crippen LogP contribution is -2.06. The number of nitrogens with zero attached hydrogens (tertiary/aromatic N) is 6. The van der Waals surface area contributed by atoms with E-state index in [0.29, 0.717) is 18.1 Å². The molecule has 30 heavy (non-hydrogen) atoms. The lowest BCUT2D eigenvalue weighted by molar-refractivity contribution is 0.881. The molecule has 0 saturated heterocycles. The van der Waals surface area contributed by atoms with Crippen molar-refractivity contribution in [1.29, 1.82) is 0 Å². The maximum atomic E-state index is 4.54. The van der Waals surface area contributed by atoms with Gasteiger partial charge in [0.1, 0.15) is 5.82 Å². The number of imidazole rings is 1. The minimum atomic E-state index is 0.588. The van der Waals surface area contributed by atoms with E-state index in [9.17, 15) is 0 Å². The Balaban J connectivity index is 1.38. The van der Waals surface area contributed by atoms with E-state index in [1.54, 1.807) is 6.20 Å². The molecule has 8 heteroatoms. The summed E-state index contributed by atoms with van der Waals surface area (Å²) < 4.78 is 1.97. The number of benzene rings is 2. The molecule has 0 unspecified atom stereocenters. The van der Waals surface area contributed by atoms with Crippen LogP contribution >= 0.6 is 0 Å². The standard InChI is InChI=1S/C22H20N8/c1-2-17-13-20(30-12-11-23-22(30)25-17)24-14-15-7-9-16(10-8-15)18-5-3-4-6-19(18)21-26-28-29-27-21/h3-13,24H,2,14H2,1H3,(H,26,27,28,29). The number of hydrogen-bond acceptors (Lipinski definition) is 6. The number of hydrogen-bond donors (Lipinski definition) is 2. The number of fused-ring (bicyclic) bond motifs is 1. The van der Waals surface area contributed by atoms with E-state index in [4.69, 9.17) is 0 Å².